The monoisotopic (exact) mass is 1370 g/mol. The molecule has 96 heavy (non-hydrogen) atoms. The molecular formula is C92H202O4. The van der Waals surface area contributed by atoms with Crippen molar-refractivity contribution < 1.29 is 20.4 Å². The Bertz CT molecular complexity index is 1280. The van der Waals surface area contributed by atoms with Crippen LogP contribution in [0.1, 0.15) is 379 Å². The maximum atomic E-state index is 9.57. The van der Waals surface area contributed by atoms with Crippen LogP contribution < -0.4 is 0 Å². The third-order valence-electron chi connectivity index (χ3n) is 19.5. The lowest BCUT2D eigenvalue weighted by Crippen LogP contribution is -2.27. The molecule has 0 fully saturated rings. The van der Waals surface area contributed by atoms with Crippen LogP contribution in [-0.2, 0) is 0 Å². The Kier molecular flexibility index (Phi) is 90.3. The van der Waals surface area contributed by atoms with Gasteiger partial charge in [-0.05, 0) is 197 Å². The van der Waals surface area contributed by atoms with Crippen LogP contribution in [0.2, 0.25) is 0 Å². The minimum atomic E-state index is -0.139. The molecule has 0 heterocycles. The summed E-state index contributed by atoms with van der Waals surface area (Å²) in [6, 6.07) is 0. The van der Waals surface area contributed by atoms with Crippen molar-refractivity contribution in [1.29, 1.82) is 0 Å². The Morgan fingerprint density at radius 3 is 0.354 bits per heavy atom. The average molecular weight is 1370 g/mol. The third-order valence-corrected chi connectivity index (χ3v) is 19.5. The van der Waals surface area contributed by atoms with Crippen LogP contribution in [0.15, 0.2) is 24.3 Å². The van der Waals surface area contributed by atoms with Crippen molar-refractivity contribution in [2.45, 2.75) is 403 Å². The molecule has 0 aliphatic carbocycles. The Labute approximate surface area is 616 Å². The van der Waals surface area contributed by atoms with Crippen molar-refractivity contribution in [1.82, 2.24) is 0 Å². The van der Waals surface area contributed by atoms with Crippen LogP contribution in [0.3, 0.4) is 0 Å². The van der Waals surface area contributed by atoms with Gasteiger partial charge in [-0.25, -0.2) is 0 Å². The van der Waals surface area contributed by atoms with Gasteiger partial charge in [-0.2, -0.15) is 0 Å². The van der Waals surface area contributed by atoms with Crippen LogP contribution >= 0.6 is 0 Å². The average Bonchev–Trinajstić information content (AvgIpc) is 3.43. The van der Waals surface area contributed by atoms with Gasteiger partial charge in [0.2, 0.25) is 0 Å². The Morgan fingerprint density at radius 1 is 0.167 bits per heavy atom. The van der Waals surface area contributed by atoms with E-state index >= 15 is 0 Å². The minimum Gasteiger partial charge on any atom is -0.393 e. The molecule has 0 aliphatic heterocycles. The molecule has 4 N–H and O–H groups in total. The lowest BCUT2D eigenvalue weighted by atomic mass is 9.86. The highest BCUT2D eigenvalue weighted by Gasteiger charge is 2.21. The summed E-state index contributed by atoms with van der Waals surface area (Å²) in [5.41, 5.74) is 0. The van der Waals surface area contributed by atoms with Gasteiger partial charge in [-0.1, -0.05) is 377 Å². The summed E-state index contributed by atoms with van der Waals surface area (Å²) in [4.78, 5) is 0. The molecule has 0 aromatic rings. The molecule has 4 heteroatoms. The van der Waals surface area contributed by atoms with E-state index < -0.39 is 0 Å². The molecule has 0 aliphatic rings. The molecule has 0 spiro atoms. The molecule has 0 rings (SSSR count). The van der Waals surface area contributed by atoms with Crippen molar-refractivity contribution >= 4 is 0 Å². The summed E-state index contributed by atoms with van der Waals surface area (Å²) in [7, 11) is 0. The van der Waals surface area contributed by atoms with Crippen molar-refractivity contribution in [3.05, 3.63) is 24.3 Å². The van der Waals surface area contributed by atoms with Gasteiger partial charge < -0.3 is 20.4 Å². The molecule has 594 valence electrons. The highest BCUT2D eigenvalue weighted by atomic mass is 16.3. The topological polar surface area (TPSA) is 80.9 Å². The molecule has 0 radical (unpaired) electrons. The number of allylic oxidation sites excluding steroid dienone is 4. The number of rotatable bonds is 28. The smallest absolute Gasteiger partial charge is 0.0591 e. The predicted octanol–water partition coefficient (Wildman–Crippen LogP) is 29.9. The van der Waals surface area contributed by atoms with E-state index in [1.54, 1.807) is 0 Å². The van der Waals surface area contributed by atoms with Crippen LogP contribution in [-0.4, -0.2) is 44.8 Å². The summed E-state index contributed by atoms with van der Waals surface area (Å²) in [6.07, 6.45) is 13.1. The van der Waals surface area contributed by atoms with E-state index in [0.717, 1.165) is 102 Å². The Morgan fingerprint density at radius 2 is 0.312 bits per heavy atom. The van der Waals surface area contributed by atoms with Crippen LogP contribution in [0.25, 0.3) is 0 Å². The first kappa shape index (κ1) is 119. The molecular weight excluding hydrogens is 1170 g/mol. The van der Waals surface area contributed by atoms with E-state index in [1.807, 2.05) is 27.7 Å². The zero-order valence-electron chi connectivity index (χ0n) is 77.0. The third kappa shape index (κ3) is 99.7. The fourth-order valence-corrected chi connectivity index (χ4v) is 8.74. The van der Waals surface area contributed by atoms with Crippen LogP contribution in [0.5, 0.6) is 0 Å². The first-order chi connectivity index (χ1) is 43.0. The second-order valence-electron chi connectivity index (χ2n) is 38.0. The first-order valence-electron chi connectivity index (χ1n) is 41.1. The lowest BCUT2D eigenvalue weighted by molar-refractivity contribution is 0.0516. The van der Waals surface area contributed by atoms with Gasteiger partial charge in [-0.3, -0.25) is 0 Å². The summed E-state index contributed by atoms with van der Waals surface area (Å²) in [5, 5.41) is 37.7. The van der Waals surface area contributed by atoms with Crippen molar-refractivity contribution in [2.75, 3.05) is 0 Å². The highest BCUT2D eigenvalue weighted by molar-refractivity contribution is 4.87. The van der Waals surface area contributed by atoms with E-state index in [1.165, 1.54) is 12.8 Å². The predicted molar refractivity (Wildman–Crippen MR) is 451 cm³/mol. The second kappa shape index (κ2) is 72.7. The second-order valence-corrected chi connectivity index (χ2v) is 38.0. The summed E-state index contributed by atoms with van der Waals surface area (Å²) >= 11 is 0. The van der Waals surface area contributed by atoms with Gasteiger partial charge in [0.05, 0.1) is 24.4 Å². The van der Waals surface area contributed by atoms with E-state index in [-0.39, 0.29) is 24.4 Å². The Hall–Kier alpha value is -0.680. The zero-order valence-corrected chi connectivity index (χ0v) is 77.0. The fourth-order valence-electron chi connectivity index (χ4n) is 8.74. The van der Waals surface area contributed by atoms with Gasteiger partial charge in [0.1, 0.15) is 0 Å². The summed E-state index contributed by atoms with van der Waals surface area (Å²) in [6.45, 7) is 113. The van der Waals surface area contributed by atoms with Crippen LogP contribution in [0.4, 0.5) is 0 Å². The molecule has 8 atom stereocenters. The highest BCUT2D eigenvalue weighted by Crippen LogP contribution is 2.24. The molecule has 0 aromatic carbocycles. The van der Waals surface area contributed by atoms with E-state index in [4.69, 9.17) is 0 Å². The molecule has 4 nitrogen and oxygen atoms in total. The van der Waals surface area contributed by atoms with Gasteiger partial charge >= 0.3 is 0 Å². The Balaban J connectivity index is -0.0000000921. The zero-order chi connectivity index (χ0) is 79.7. The number of hydrogen-bond acceptors (Lipinski definition) is 4. The van der Waals surface area contributed by atoms with E-state index in [9.17, 15) is 20.4 Å². The molecule has 0 bridgehead atoms. The van der Waals surface area contributed by atoms with Crippen molar-refractivity contribution in [2.24, 2.45) is 172 Å². The molecule has 0 saturated heterocycles. The fraction of sp³-hybridized carbons (Fsp3) is 0.957. The largest absolute Gasteiger partial charge is 0.393 e. The number of aliphatic hydroxyl groups excluding tert-OH is 4. The normalized spacial score (nSPS) is 14.4. The lowest BCUT2D eigenvalue weighted by Gasteiger charge is -2.25. The minimum absolute atomic E-state index is 0.106. The maximum Gasteiger partial charge on any atom is 0.0591 e. The van der Waals surface area contributed by atoms with Gasteiger partial charge in [-0.15, -0.1) is 0 Å². The molecule has 0 amide bonds. The SMILES string of the molecule is CC(C)/C=C/C(C)C.CC(C)/C=C\C(C)C.CC(C)C(C)C(C)C.CC(C)C(C)C(C)C.CC(C)C(C)C(C)C.CC(C)C(C)C(O)C(C)C.CC(C)C(C)C(O)C(C)C.CC(C)CC(C)C(C)C.CC(C)CC(C)C(C)C.CC(C)CC(O)C(C)C.CC(C)CC(O)C(C)C. The standard InChI is InChI=1S/2C9H20O.2C9H20.2C8H18O.2C8H16.3C8H18/c2*1-6(2)8(5)9(10)7(3)4;2*1-7(2)6-9(5)8(3)4;2*1-6(2)5-8(9)7(3)4;2*1-7(2)5-6-8(3)4;3*1-6(2)8(5)7(3)4/h2*6-10H,1-5H3;2*7-9H,6H2,1-5H3;2*6-9H,5H2,1-4H3;2*5-8H,1-4H3;3*6-8H,1-5H3/b;;;;;;6-5+;6-5-;;;. The summed E-state index contributed by atoms with van der Waals surface area (Å²) in [5.74, 6) is 20.5. The molecule has 0 saturated carbocycles. The van der Waals surface area contributed by atoms with Gasteiger partial charge in [0, 0.05) is 0 Å². The molecule has 0 aromatic heterocycles. The summed E-state index contributed by atoms with van der Waals surface area (Å²) < 4.78 is 0. The van der Waals surface area contributed by atoms with E-state index in [2.05, 4.69) is 350 Å². The van der Waals surface area contributed by atoms with Crippen LogP contribution in [0, 0.1) is 172 Å². The van der Waals surface area contributed by atoms with Gasteiger partial charge in [0.15, 0.2) is 0 Å². The number of hydrogen-bond donors (Lipinski definition) is 4. The first-order valence-corrected chi connectivity index (χ1v) is 41.1. The molecule has 8 unspecified atom stereocenters. The maximum absolute atomic E-state index is 9.57. The van der Waals surface area contributed by atoms with E-state index in [0.29, 0.717) is 82.9 Å². The van der Waals surface area contributed by atoms with Crippen molar-refractivity contribution in [3.8, 4) is 0 Å². The quantitative estimate of drug-likeness (QED) is 0.0589. The number of aliphatic hydroxyl groups is 4. The van der Waals surface area contributed by atoms with Crippen molar-refractivity contribution in [3.63, 3.8) is 0 Å². The van der Waals surface area contributed by atoms with Gasteiger partial charge in [0.25, 0.3) is 0 Å².